The number of hydrogen-bond acceptors (Lipinski definition) is 5. The van der Waals surface area contributed by atoms with Gasteiger partial charge in [0.2, 0.25) is 5.82 Å². The average Bonchev–Trinajstić information content (AvgIpc) is 3.15. The van der Waals surface area contributed by atoms with Gasteiger partial charge in [0.25, 0.3) is 11.8 Å². The van der Waals surface area contributed by atoms with Crippen molar-refractivity contribution in [2.45, 2.75) is 0 Å². The lowest BCUT2D eigenvalue weighted by molar-refractivity contribution is -0.122. The summed E-state index contributed by atoms with van der Waals surface area (Å²) in [6.07, 6.45) is 1.60. The molecule has 0 unspecified atom stereocenters. The number of hydrogen-bond donors (Lipinski definition) is 1. The molecule has 3 aromatic rings. The van der Waals surface area contributed by atoms with E-state index in [0.717, 1.165) is 5.56 Å². The first-order chi connectivity index (χ1) is 12.7. The van der Waals surface area contributed by atoms with Crippen LogP contribution in [0.15, 0.2) is 65.7 Å². The molecule has 7 heteroatoms. The molecule has 1 amide bonds. The van der Waals surface area contributed by atoms with E-state index in [9.17, 15) is 4.79 Å². The van der Waals surface area contributed by atoms with Crippen LogP contribution in [0.4, 0.5) is 0 Å². The number of aromatic nitrogens is 2. The fourth-order valence-electron chi connectivity index (χ4n) is 2.20. The summed E-state index contributed by atoms with van der Waals surface area (Å²) in [7, 11) is 0. The molecule has 0 aliphatic rings. The molecule has 1 aromatic heterocycles. The van der Waals surface area contributed by atoms with Gasteiger partial charge in [-0.15, -0.1) is 6.58 Å². The van der Waals surface area contributed by atoms with E-state index in [1.807, 2.05) is 6.07 Å². The highest BCUT2D eigenvalue weighted by Crippen LogP contribution is 2.29. The minimum Gasteiger partial charge on any atom is -0.483 e. The Morgan fingerprint density at radius 2 is 2.00 bits per heavy atom. The minimum atomic E-state index is -0.241. The number of halogens is 1. The molecular formula is C19H16ClN3O3. The van der Waals surface area contributed by atoms with Crippen LogP contribution >= 0.6 is 11.6 Å². The van der Waals surface area contributed by atoms with Crippen LogP contribution in [0.2, 0.25) is 5.02 Å². The van der Waals surface area contributed by atoms with Crippen LogP contribution in [0, 0.1) is 0 Å². The summed E-state index contributed by atoms with van der Waals surface area (Å²) in [5, 5.41) is 7.29. The third-order valence-corrected chi connectivity index (χ3v) is 3.70. The Morgan fingerprint density at radius 3 is 2.77 bits per heavy atom. The third kappa shape index (κ3) is 4.29. The van der Waals surface area contributed by atoms with Crippen LogP contribution in [-0.2, 0) is 4.79 Å². The number of nitrogens with one attached hydrogen (secondary N) is 1. The van der Waals surface area contributed by atoms with Crippen LogP contribution in [-0.4, -0.2) is 29.2 Å². The number of amides is 1. The first-order valence-electron chi connectivity index (χ1n) is 7.87. The standard InChI is InChI=1S/C19H16ClN3O3/c1-2-11-21-17(24)12-25-16-6-4-3-5-15(16)18-22-19(26-23-18)13-7-9-14(20)10-8-13/h2-10H,1,11-12H2,(H,21,24). The monoisotopic (exact) mass is 369 g/mol. The number of carbonyl (C=O) groups is 1. The number of nitrogens with zero attached hydrogens (tertiary/aromatic N) is 2. The second-order valence-electron chi connectivity index (χ2n) is 5.31. The van der Waals surface area contributed by atoms with Crippen LogP contribution in [0.25, 0.3) is 22.8 Å². The van der Waals surface area contributed by atoms with Crippen molar-refractivity contribution in [2.24, 2.45) is 0 Å². The van der Waals surface area contributed by atoms with Gasteiger partial charge in [-0.1, -0.05) is 35.0 Å². The Morgan fingerprint density at radius 1 is 1.23 bits per heavy atom. The van der Waals surface area contributed by atoms with Crippen molar-refractivity contribution >= 4 is 17.5 Å². The van der Waals surface area contributed by atoms with Gasteiger partial charge in [0.1, 0.15) is 5.75 Å². The summed E-state index contributed by atoms with van der Waals surface area (Å²) >= 11 is 5.89. The van der Waals surface area contributed by atoms with E-state index < -0.39 is 0 Å². The molecule has 0 aliphatic carbocycles. The summed E-state index contributed by atoms with van der Waals surface area (Å²) in [5.74, 6) is 0.992. The minimum absolute atomic E-state index is 0.118. The molecule has 0 fully saturated rings. The first-order valence-corrected chi connectivity index (χ1v) is 8.24. The lowest BCUT2D eigenvalue weighted by Crippen LogP contribution is -2.28. The van der Waals surface area contributed by atoms with Gasteiger partial charge in [-0.05, 0) is 36.4 Å². The van der Waals surface area contributed by atoms with Gasteiger partial charge in [0.15, 0.2) is 6.61 Å². The molecule has 0 radical (unpaired) electrons. The summed E-state index contributed by atoms with van der Waals surface area (Å²) in [6.45, 7) is 3.82. The van der Waals surface area contributed by atoms with Crippen LogP contribution in [0.1, 0.15) is 0 Å². The van der Waals surface area contributed by atoms with E-state index in [0.29, 0.717) is 34.6 Å². The Hall–Kier alpha value is -3.12. The highest BCUT2D eigenvalue weighted by atomic mass is 35.5. The summed E-state index contributed by atoms with van der Waals surface area (Å²) in [5.41, 5.74) is 1.39. The SMILES string of the molecule is C=CCNC(=O)COc1ccccc1-c1noc(-c2ccc(Cl)cc2)n1. The van der Waals surface area contributed by atoms with E-state index in [-0.39, 0.29) is 12.5 Å². The molecule has 2 aromatic carbocycles. The van der Waals surface area contributed by atoms with Crippen molar-refractivity contribution in [3.63, 3.8) is 0 Å². The van der Waals surface area contributed by atoms with E-state index >= 15 is 0 Å². The highest BCUT2D eigenvalue weighted by Gasteiger charge is 2.15. The van der Waals surface area contributed by atoms with Gasteiger partial charge in [0, 0.05) is 17.1 Å². The molecule has 0 saturated heterocycles. The van der Waals surface area contributed by atoms with E-state index in [1.54, 1.807) is 48.5 Å². The van der Waals surface area contributed by atoms with Gasteiger partial charge in [0.05, 0.1) is 5.56 Å². The molecular weight excluding hydrogens is 354 g/mol. The molecule has 1 N–H and O–H groups in total. The fraction of sp³-hybridized carbons (Fsp3) is 0.105. The van der Waals surface area contributed by atoms with Crippen molar-refractivity contribution in [3.8, 4) is 28.6 Å². The molecule has 0 saturated carbocycles. The lowest BCUT2D eigenvalue weighted by atomic mass is 10.2. The number of benzene rings is 2. The van der Waals surface area contributed by atoms with Crippen LogP contribution in [0.5, 0.6) is 5.75 Å². The van der Waals surface area contributed by atoms with Crippen molar-refractivity contribution in [1.29, 1.82) is 0 Å². The topological polar surface area (TPSA) is 77.2 Å². The Balaban J connectivity index is 1.78. The number of rotatable bonds is 7. The molecule has 3 rings (SSSR count). The smallest absolute Gasteiger partial charge is 0.258 e. The summed E-state index contributed by atoms with van der Waals surface area (Å²) in [4.78, 5) is 16.1. The maximum atomic E-state index is 11.7. The molecule has 0 atom stereocenters. The van der Waals surface area contributed by atoms with Gasteiger partial charge in [-0.2, -0.15) is 4.98 Å². The zero-order valence-corrected chi connectivity index (χ0v) is 14.6. The summed E-state index contributed by atoms with van der Waals surface area (Å²) < 4.78 is 10.9. The van der Waals surface area contributed by atoms with Crippen molar-refractivity contribution in [2.75, 3.05) is 13.2 Å². The van der Waals surface area contributed by atoms with E-state index in [4.69, 9.17) is 20.9 Å². The Bertz CT molecular complexity index is 906. The van der Waals surface area contributed by atoms with Crippen LogP contribution < -0.4 is 10.1 Å². The lowest BCUT2D eigenvalue weighted by Gasteiger charge is -2.08. The first kappa shape index (κ1) is 17.7. The predicted octanol–water partition coefficient (Wildman–Crippen LogP) is 3.74. The van der Waals surface area contributed by atoms with Crippen LogP contribution in [0.3, 0.4) is 0 Å². The molecule has 0 bridgehead atoms. The average molecular weight is 370 g/mol. The number of carbonyl (C=O) groups excluding carboxylic acids is 1. The Kier molecular flexibility index (Phi) is 5.66. The molecule has 0 spiro atoms. The fourth-order valence-corrected chi connectivity index (χ4v) is 2.33. The quantitative estimate of drug-likeness (QED) is 0.642. The maximum Gasteiger partial charge on any atom is 0.258 e. The van der Waals surface area contributed by atoms with Crippen molar-refractivity contribution < 1.29 is 14.1 Å². The number of para-hydroxylation sites is 1. The van der Waals surface area contributed by atoms with Crippen molar-refractivity contribution in [3.05, 3.63) is 66.2 Å². The Labute approximate surface area is 155 Å². The molecule has 1 heterocycles. The zero-order valence-electron chi connectivity index (χ0n) is 13.8. The van der Waals surface area contributed by atoms with E-state index in [2.05, 4.69) is 22.0 Å². The zero-order chi connectivity index (χ0) is 18.4. The highest BCUT2D eigenvalue weighted by molar-refractivity contribution is 6.30. The molecule has 0 aliphatic heterocycles. The van der Waals surface area contributed by atoms with Gasteiger partial charge < -0.3 is 14.6 Å². The predicted molar refractivity (Wildman–Crippen MR) is 98.9 cm³/mol. The van der Waals surface area contributed by atoms with Gasteiger partial charge >= 0.3 is 0 Å². The van der Waals surface area contributed by atoms with Gasteiger partial charge in [-0.25, -0.2) is 0 Å². The normalized spacial score (nSPS) is 10.3. The third-order valence-electron chi connectivity index (χ3n) is 3.45. The summed E-state index contributed by atoms with van der Waals surface area (Å²) in [6, 6.07) is 14.3. The molecule has 26 heavy (non-hydrogen) atoms. The van der Waals surface area contributed by atoms with Gasteiger partial charge in [-0.3, -0.25) is 4.79 Å². The molecule has 132 valence electrons. The van der Waals surface area contributed by atoms with Crippen molar-refractivity contribution in [1.82, 2.24) is 15.5 Å². The number of ether oxygens (including phenoxy) is 1. The molecule has 6 nitrogen and oxygen atoms in total. The second-order valence-corrected chi connectivity index (χ2v) is 5.74. The van der Waals surface area contributed by atoms with E-state index in [1.165, 1.54) is 0 Å². The largest absolute Gasteiger partial charge is 0.483 e. The second kappa shape index (κ2) is 8.31. The maximum absolute atomic E-state index is 11.7.